The summed E-state index contributed by atoms with van der Waals surface area (Å²) >= 11 is 1.25. The molecule has 3 heterocycles. The van der Waals surface area contributed by atoms with Crippen LogP contribution >= 0.6 is 11.3 Å². The van der Waals surface area contributed by atoms with E-state index in [1.165, 1.54) is 11.3 Å². The number of nitrogens with zero attached hydrogens (tertiary/aromatic N) is 1. The Labute approximate surface area is 131 Å². The van der Waals surface area contributed by atoms with E-state index in [-0.39, 0.29) is 11.9 Å². The highest BCUT2D eigenvalue weighted by molar-refractivity contribution is 7.20. The van der Waals surface area contributed by atoms with Crippen molar-refractivity contribution < 1.29 is 19.4 Å². The van der Waals surface area contributed by atoms with Crippen molar-refractivity contribution in [2.75, 3.05) is 13.2 Å². The average molecular weight is 317 g/mol. The lowest BCUT2D eigenvalue weighted by molar-refractivity contribution is -0.130. The Balaban J connectivity index is 1.81. The van der Waals surface area contributed by atoms with E-state index in [1.807, 2.05) is 17.0 Å². The van der Waals surface area contributed by atoms with Crippen molar-refractivity contribution >= 4 is 33.3 Å². The maximum atomic E-state index is 12.0. The molecule has 0 spiro atoms. The van der Waals surface area contributed by atoms with Crippen molar-refractivity contribution in [3.05, 3.63) is 28.6 Å². The molecule has 0 bridgehead atoms. The fourth-order valence-electron chi connectivity index (χ4n) is 3.33. The van der Waals surface area contributed by atoms with Crippen LogP contribution in [-0.4, -0.2) is 35.0 Å². The standard InChI is InChI=1S/C16H15NO4S/c18-15-2-1-4-17(15)11-3-5-21-12-8-13-9(6-10(11)12)7-14(22-13)16(19)20/h6-8,11H,1-5H2,(H,19,20). The summed E-state index contributed by atoms with van der Waals surface area (Å²) in [5, 5.41) is 10.0. The first-order valence-corrected chi connectivity index (χ1v) is 8.18. The minimum Gasteiger partial charge on any atom is -0.493 e. The molecule has 1 aromatic carbocycles. The summed E-state index contributed by atoms with van der Waals surface area (Å²) in [5.74, 6) is 0.0723. The molecule has 114 valence electrons. The van der Waals surface area contributed by atoms with Gasteiger partial charge in [0, 0.05) is 29.6 Å². The summed E-state index contributed by atoms with van der Waals surface area (Å²) in [6.07, 6.45) is 2.33. The van der Waals surface area contributed by atoms with Gasteiger partial charge in [-0.25, -0.2) is 4.79 Å². The van der Waals surface area contributed by atoms with Crippen molar-refractivity contribution in [1.29, 1.82) is 0 Å². The molecular formula is C16H15NO4S. The second-order valence-corrected chi connectivity index (χ2v) is 6.77. The summed E-state index contributed by atoms with van der Waals surface area (Å²) < 4.78 is 6.65. The zero-order valence-corrected chi connectivity index (χ0v) is 12.7. The molecule has 0 aliphatic carbocycles. The van der Waals surface area contributed by atoms with Crippen LogP contribution in [0, 0.1) is 0 Å². The minimum absolute atomic E-state index is 0.0522. The summed E-state index contributed by atoms with van der Waals surface area (Å²) in [5.41, 5.74) is 1.00. The monoisotopic (exact) mass is 317 g/mol. The first-order chi connectivity index (χ1) is 10.6. The summed E-state index contributed by atoms with van der Waals surface area (Å²) in [7, 11) is 0. The number of fused-ring (bicyclic) bond motifs is 2. The number of aromatic carboxylic acids is 1. The lowest BCUT2D eigenvalue weighted by Gasteiger charge is -2.33. The molecule has 1 unspecified atom stereocenters. The Bertz CT molecular complexity index is 782. The summed E-state index contributed by atoms with van der Waals surface area (Å²) in [6, 6.07) is 5.65. The van der Waals surface area contributed by atoms with E-state index in [0.29, 0.717) is 17.9 Å². The van der Waals surface area contributed by atoms with Crippen molar-refractivity contribution in [2.45, 2.75) is 25.3 Å². The zero-order chi connectivity index (χ0) is 15.3. The third-order valence-corrected chi connectivity index (χ3v) is 5.44. The van der Waals surface area contributed by atoms with E-state index in [4.69, 9.17) is 9.84 Å². The van der Waals surface area contributed by atoms with Crippen LogP contribution in [0.1, 0.15) is 40.5 Å². The van der Waals surface area contributed by atoms with Gasteiger partial charge in [-0.15, -0.1) is 11.3 Å². The maximum Gasteiger partial charge on any atom is 0.345 e. The number of rotatable bonds is 2. The van der Waals surface area contributed by atoms with Gasteiger partial charge in [-0.05, 0) is 30.0 Å². The molecule has 0 radical (unpaired) electrons. The fourth-order valence-corrected chi connectivity index (χ4v) is 4.25. The van der Waals surface area contributed by atoms with Gasteiger partial charge in [0.1, 0.15) is 10.6 Å². The molecule has 0 saturated carbocycles. The van der Waals surface area contributed by atoms with Gasteiger partial charge in [0.05, 0.1) is 12.6 Å². The molecular weight excluding hydrogens is 302 g/mol. The molecule has 2 aromatic rings. The van der Waals surface area contributed by atoms with Crippen molar-refractivity contribution in [3.8, 4) is 5.75 Å². The minimum atomic E-state index is -0.911. The van der Waals surface area contributed by atoms with Crippen LogP contribution in [0.25, 0.3) is 10.1 Å². The van der Waals surface area contributed by atoms with Gasteiger partial charge >= 0.3 is 5.97 Å². The highest BCUT2D eigenvalue weighted by atomic mass is 32.1. The third kappa shape index (κ3) is 2.06. The quantitative estimate of drug-likeness (QED) is 0.924. The molecule has 1 saturated heterocycles. The first-order valence-electron chi connectivity index (χ1n) is 7.36. The number of hydrogen-bond donors (Lipinski definition) is 1. The van der Waals surface area contributed by atoms with Crippen LogP contribution in [0.5, 0.6) is 5.75 Å². The number of amides is 1. The number of carboxylic acid groups (broad SMARTS) is 1. The van der Waals surface area contributed by atoms with E-state index >= 15 is 0 Å². The van der Waals surface area contributed by atoms with Crippen LogP contribution in [0.15, 0.2) is 18.2 Å². The van der Waals surface area contributed by atoms with E-state index in [1.54, 1.807) is 6.07 Å². The lowest BCUT2D eigenvalue weighted by atomic mass is 9.98. The molecule has 1 fully saturated rings. The van der Waals surface area contributed by atoms with Gasteiger partial charge in [0.15, 0.2) is 0 Å². The molecule has 2 aliphatic heterocycles. The second kappa shape index (κ2) is 4.98. The number of ether oxygens (including phenoxy) is 1. The highest BCUT2D eigenvalue weighted by Crippen LogP contribution is 2.41. The first kappa shape index (κ1) is 13.6. The highest BCUT2D eigenvalue weighted by Gasteiger charge is 2.33. The lowest BCUT2D eigenvalue weighted by Crippen LogP contribution is -2.33. The van der Waals surface area contributed by atoms with Gasteiger partial charge < -0.3 is 14.7 Å². The van der Waals surface area contributed by atoms with E-state index in [2.05, 4.69) is 0 Å². The smallest absolute Gasteiger partial charge is 0.345 e. The number of carboxylic acids is 1. The van der Waals surface area contributed by atoms with E-state index in [9.17, 15) is 9.59 Å². The van der Waals surface area contributed by atoms with Gasteiger partial charge in [0.25, 0.3) is 0 Å². The topological polar surface area (TPSA) is 66.8 Å². The maximum absolute atomic E-state index is 12.0. The molecule has 6 heteroatoms. The van der Waals surface area contributed by atoms with E-state index in [0.717, 1.165) is 40.8 Å². The normalized spacial score (nSPS) is 21.0. The van der Waals surface area contributed by atoms with E-state index < -0.39 is 5.97 Å². The molecule has 22 heavy (non-hydrogen) atoms. The van der Waals surface area contributed by atoms with Crippen LogP contribution < -0.4 is 4.74 Å². The Morgan fingerprint density at radius 2 is 2.23 bits per heavy atom. The molecule has 4 rings (SSSR count). The predicted octanol–water partition coefficient (Wildman–Crippen LogP) is 3.05. The summed E-state index contributed by atoms with van der Waals surface area (Å²) in [6.45, 7) is 1.38. The molecule has 1 aromatic heterocycles. The Morgan fingerprint density at radius 3 is 2.95 bits per heavy atom. The number of thiophene rings is 1. The fraction of sp³-hybridized carbons (Fsp3) is 0.375. The van der Waals surface area contributed by atoms with Crippen molar-refractivity contribution in [1.82, 2.24) is 4.90 Å². The van der Waals surface area contributed by atoms with Gasteiger partial charge in [-0.1, -0.05) is 0 Å². The van der Waals surface area contributed by atoms with Gasteiger partial charge in [0.2, 0.25) is 5.91 Å². The predicted molar refractivity (Wildman–Crippen MR) is 82.6 cm³/mol. The number of carbonyl (C=O) groups excluding carboxylic acids is 1. The van der Waals surface area contributed by atoms with Gasteiger partial charge in [-0.3, -0.25) is 4.79 Å². The molecule has 1 N–H and O–H groups in total. The Morgan fingerprint density at radius 1 is 1.36 bits per heavy atom. The van der Waals surface area contributed by atoms with Crippen LogP contribution in [0.2, 0.25) is 0 Å². The molecule has 5 nitrogen and oxygen atoms in total. The van der Waals surface area contributed by atoms with Crippen molar-refractivity contribution in [2.24, 2.45) is 0 Å². The number of likely N-dealkylation sites (tertiary alicyclic amines) is 1. The van der Waals surface area contributed by atoms with Crippen molar-refractivity contribution in [3.63, 3.8) is 0 Å². The number of benzene rings is 1. The summed E-state index contributed by atoms with van der Waals surface area (Å²) in [4.78, 5) is 25.5. The SMILES string of the molecule is O=C(O)c1cc2cc3c(cc2s1)OCCC3N1CCCC1=O. The third-order valence-electron chi connectivity index (χ3n) is 4.35. The Hall–Kier alpha value is -2.08. The zero-order valence-electron chi connectivity index (χ0n) is 11.9. The number of hydrogen-bond acceptors (Lipinski definition) is 4. The van der Waals surface area contributed by atoms with Gasteiger partial charge in [-0.2, -0.15) is 0 Å². The Kier molecular flexibility index (Phi) is 3.07. The number of carbonyl (C=O) groups is 2. The molecule has 1 atom stereocenters. The van der Waals surface area contributed by atoms with Crippen LogP contribution in [0.3, 0.4) is 0 Å². The average Bonchev–Trinajstić information content (AvgIpc) is 3.10. The van der Waals surface area contributed by atoms with Crippen LogP contribution in [-0.2, 0) is 4.79 Å². The largest absolute Gasteiger partial charge is 0.493 e. The molecule has 2 aliphatic rings. The van der Waals surface area contributed by atoms with Crippen LogP contribution in [0.4, 0.5) is 0 Å². The second-order valence-electron chi connectivity index (χ2n) is 5.69. The molecule has 1 amide bonds.